The third-order valence-corrected chi connectivity index (χ3v) is 3.27. The van der Waals surface area contributed by atoms with Crippen molar-refractivity contribution in [1.29, 1.82) is 0 Å². The lowest BCUT2D eigenvalue weighted by Crippen LogP contribution is -2.05. The highest BCUT2D eigenvalue weighted by Gasteiger charge is 2.31. The monoisotopic (exact) mass is 311 g/mol. The van der Waals surface area contributed by atoms with Crippen molar-refractivity contribution in [2.75, 3.05) is 0 Å². The summed E-state index contributed by atoms with van der Waals surface area (Å²) in [7, 11) is 0. The van der Waals surface area contributed by atoms with E-state index in [0.29, 0.717) is 17.2 Å². The molecule has 0 aliphatic rings. The molecule has 0 radical (unpaired) electrons. The van der Waals surface area contributed by atoms with E-state index in [1.807, 2.05) is 18.2 Å². The normalized spacial score (nSPS) is 11.9. The van der Waals surface area contributed by atoms with E-state index in [1.54, 1.807) is 6.07 Å². The summed E-state index contributed by atoms with van der Waals surface area (Å²) in [6, 6.07) is 9.56. The second-order valence-electron chi connectivity index (χ2n) is 5.44. The quantitative estimate of drug-likeness (QED) is 0.726. The minimum atomic E-state index is -4.40. The number of rotatable bonds is 3. The fourth-order valence-electron chi connectivity index (χ4n) is 2.20. The van der Waals surface area contributed by atoms with Crippen LogP contribution in [0.3, 0.4) is 0 Å². The van der Waals surface area contributed by atoms with Crippen LogP contribution in [0.25, 0.3) is 11.3 Å². The van der Waals surface area contributed by atoms with E-state index >= 15 is 0 Å². The molecule has 0 unspecified atom stereocenters. The minimum Gasteiger partial charge on any atom is -0.346 e. The van der Waals surface area contributed by atoms with Crippen LogP contribution in [-0.2, 0) is 12.6 Å². The van der Waals surface area contributed by atoms with Crippen LogP contribution < -0.4 is 0 Å². The first-order chi connectivity index (χ1) is 9.75. The van der Waals surface area contributed by atoms with Gasteiger partial charge in [0, 0.05) is 5.69 Å². The van der Waals surface area contributed by atoms with Crippen molar-refractivity contribution in [3.05, 3.63) is 52.2 Å². The minimum absolute atomic E-state index is 0.0779. The van der Waals surface area contributed by atoms with Gasteiger partial charge in [-0.2, -0.15) is 13.2 Å². The van der Waals surface area contributed by atoms with Crippen molar-refractivity contribution in [2.24, 2.45) is 5.92 Å². The molecule has 21 heavy (non-hydrogen) atoms. The van der Waals surface area contributed by atoms with Gasteiger partial charge in [0.15, 0.2) is 0 Å². The van der Waals surface area contributed by atoms with Crippen molar-refractivity contribution < 1.29 is 13.2 Å². The predicted octanol–water partition coefficient (Wildman–Crippen LogP) is 5.63. The number of alkyl halides is 3. The first-order valence-corrected chi connectivity index (χ1v) is 7.07. The molecule has 0 aliphatic heterocycles. The molecule has 0 atom stereocenters. The van der Waals surface area contributed by atoms with Crippen LogP contribution in [0.4, 0.5) is 13.2 Å². The van der Waals surface area contributed by atoms with Gasteiger partial charge in [-0.05, 0) is 41.7 Å². The summed E-state index contributed by atoms with van der Waals surface area (Å²) >= 11 is 4.90. The Morgan fingerprint density at radius 1 is 1.14 bits per heavy atom. The van der Waals surface area contributed by atoms with Crippen molar-refractivity contribution in [2.45, 2.75) is 26.4 Å². The average molecular weight is 311 g/mol. The largest absolute Gasteiger partial charge is 0.416 e. The Bertz CT molecular complexity index is 686. The Morgan fingerprint density at radius 2 is 1.86 bits per heavy atom. The number of aromatic nitrogens is 1. The van der Waals surface area contributed by atoms with Crippen LogP contribution in [0.5, 0.6) is 0 Å². The number of hydrogen-bond acceptors (Lipinski definition) is 1. The zero-order chi connectivity index (χ0) is 15.6. The SMILES string of the molecule is CC(C)Cc1cccc(-c2cc(C(F)(F)F)cc(=S)[nH]2)c1. The number of benzene rings is 1. The molecule has 1 heterocycles. The van der Waals surface area contributed by atoms with Gasteiger partial charge < -0.3 is 4.98 Å². The van der Waals surface area contributed by atoms with E-state index in [-0.39, 0.29) is 4.64 Å². The molecular weight excluding hydrogens is 295 g/mol. The van der Waals surface area contributed by atoms with Crippen molar-refractivity contribution in [3.8, 4) is 11.3 Å². The van der Waals surface area contributed by atoms with Gasteiger partial charge in [0.1, 0.15) is 4.64 Å². The molecule has 1 aromatic carbocycles. The number of H-pyrrole nitrogens is 1. The van der Waals surface area contributed by atoms with Crippen LogP contribution in [0, 0.1) is 10.6 Å². The molecule has 1 aromatic heterocycles. The standard InChI is InChI=1S/C16H16F3NS/c1-10(2)6-11-4-3-5-12(7-11)14-8-13(16(17,18)19)9-15(21)20-14/h3-5,7-10H,6H2,1-2H3,(H,20,21). The molecule has 1 nitrogen and oxygen atoms in total. The summed E-state index contributed by atoms with van der Waals surface area (Å²) in [5, 5.41) is 0. The highest BCUT2D eigenvalue weighted by molar-refractivity contribution is 7.71. The highest BCUT2D eigenvalue weighted by Crippen LogP contribution is 2.31. The van der Waals surface area contributed by atoms with Gasteiger partial charge in [0.05, 0.1) is 5.56 Å². The van der Waals surface area contributed by atoms with Gasteiger partial charge in [-0.15, -0.1) is 0 Å². The van der Waals surface area contributed by atoms with Gasteiger partial charge in [-0.1, -0.05) is 44.3 Å². The molecule has 0 amide bonds. The van der Waals surface area contributed by atoms with Gasteiger partial charge in [0.2, 0.25) is 0 Å². The van der Waals surface area contributed by atoms with Crippen LogP contribution >= 0.6 is 12.2 Å². The topological polar surface area (TPSA) is 15.8 Å². The molecular formula is C16H16F3NS. The Labute approximate surface area is 126 Å². The third kappa shape index (κ3) is 4.17. The number of aromatic amines is 1. The van der Waals surface area contributed by atoms with E-state index in [2.05, 4.69) is 18.8 Å². The second-order valence-corrected chi connectivity index (χ2v) is 5.88. The number of nitrogens with one attached hydrogen (secondary N) is 1. The highest BCUT2D eigenvalue weighted by atomic mass is 32.1. The number of halogens is 3. The molecule has 2 aromatic rings. The van der Waals surface area contributed by atoms with Gasteiger partial charge in [-0.25, -0.2) is 0 Å². The summed E-state index contributed by atoms with van der Waals surface area (Å²) in [5.74, 6) is 0.486. The first kappa shape index (κ1) is 15.8. The molecule has 5 heteroatoms. The maximum absolute atomic E-state index is 12.9. The number of pyridine rings is 1. The van der Waals surface area contributed by atoms with Gasteiger partial charge in [-0.3, -0.25) is 0 Å². The fourth-order valence-corrected chi connectivity index (χ4v) is 2.44. The van der Waals surface area contributed by atoms with Crippen LogP contribution in [-0.4, -0.2) is 4.98 Å². The molecule has 0 spiro atoms. The Morgan fingerprint density at radius 3 is 2.48 bits per heavy atom. The fraction of sp³-hybridized carbons (Fsp3) is 0.312. The summed E-state index contributed by atoms with van der Waals surface area (Å²) in [6.45, 7) is 4.20. The molecule has 0 saturated carbocycles. The lowest BCUT2D eigenvalue weighted by Gasteiger charge is -2.11. The Hall–Kier alpha value is -1.62. The lowest BCUT2D eigenvalue weighted by atomic mass is 9.99. The van der Waals surface area contributed by atoms with E-state index in [1.165, 1.54) is 0 Å². The average Bonchev–Trinajstić information content (AvgIpc) is 2.36. The van der Waals surface area contributed by atoms with E-state index < -0.39 is 11.7 Å². The zero-order valence-corrected chi connectivity index (χ0v) is 12.6. The summed E-state index contributed by atoms with van der Waals surface area (Å²) in [5.41, 5.74) is 1.47. The van der Waals surface area contributed by atoms with Crippen molar-refractivity contribution in [1.82, 2.24) is 4.98 Å². The molecule has 0 bridgehead atoms. The zero-order valence-electron chi connectivity index (χ0n) is 11.8. The molecule has 2 rings (SSSR count). The molecule has 1 N–H and O–H groups in total. The smallest absolute Gasteiger partial charge is 0.346 e. The Kier molecular flexibility index (Phi) is 4.52. The number of hydrogen-bond donors (Lipinski definition) is 1. The first-order valence-electron chi connectivity index (χ1n) is 6.66. The molecule has 0 aliphatic carbocycles. The maximum atomic E-state index is 12.9. The van der Waals surface area contributed by atoms with Crippen LogP contribution in [0.15, 0.2) is 36.4 Å². The maximum Gasteiger partial charge on any atom is 0.416 e. The van der Waals surface area contributed by atoms with Crippen molar-refractivity contribution in [3.63, 3.8) is 0 Å². The van der Waals surface area contributed by atoms with Crippen LogP contribution in [0.2, 0.25) is 0 Å². The van der Waals surface area contributed by atoms with Crippen molar-refractivity contribution >= 4 is 12.2 Å². The Balaban J connectivity index is 2.47. The lowest BCUT2D eigenvalue weighted by molar-refractivity contribution is -0.137. The van der Waals surface area contributed by atoms with E-state index in [9.17, 15) is 13.2 Å². The van der Waals surface area contributed by atoms with E-state index in [4.69, 9.17) is 12.2 Å². The third-order valence-electron chi connectivity index (χ3n) is 3.05. The summed E-state index contributed by atoms with van der Waals surface area (Å²) < 4.78 is 38.6. The second kappa shape index (κ2) is 6.02. The molecule has 112 valence electrons. The van der Waals surface area contributed by atoms with Crippen LogP contribution in [0.1, 0.15) is 25.0 Å². The molecule has 0 saturated heterocycles. The van der Waals surface area contributed by atoms with Gasteiger partial charge in [0.25, 0.3) is 0 Å². The molecule has 0 fully saturated rings. The summed E-state index contributed by atoms with van der Waals surface area (Å²) in [4.78, 5) is 2.83. The predicted molar refractivity (Wildman–Crippen MR) is 80.6 cm³/mol. The van der Waals surface area contributed by atoms with E-state index in [0.717, 1.165) is 24.1 Å². The summed E-state index contributed by atoms with van der Waals surface area (Å²) in [6.07, 6.45) is -3.51. The van der Waals surface area contributed by atoms with Gasteiger partial charge >= 0.3 is 6.18 Å².